The van der Waals surface area contributed by atoms with E-state index in [0.717, 1.165) is 23.4 Å². The lowest BCUT2D eigenvalue weighted by molar-refractivity contribution is 0.190. The maximum Gasteiger partial charge on any atom is 0.125 e. The molecule has 4 nitrogen and oxygen atoms in total. The second-order valence-electron chi connectivity index (χ2n) is 4.37. The van der Waals surface area contributed by atoms with E-state index < -0.39 is 6.10 Å². The highest BCUT2D eigenvalue weighted by Gasteiger charge is 2.09. The second kappa shape index (κ2) is 5.69. The predicted octanol–water partition coefficient (Wildman–Crippen LogP) is 2.32. The van der Waals surface area contributed by atoms with Crippen molar-refractivity contribution >= 4 is 0 Å². The number of benzene rings is 1. The Morgan fingerprint density at radius 1 is 1.44 bits per heavy atom. The summed E-state index contributed by atoms with van der Waals surface area (Å²) in [4.78, 5) is 3.98. The Morgan fingerprint density at radius 2 is 2.28 bits per heavy atom. The highest BCUT2D eigenvalue weighted by Crippen LogP contribution is 2.26. The van der Waals surface area contributed by atoms with Gasteiger partial charge in [0.25, 0.3) is 0 Å². The van der Waals surface area contributed by atoms with Gasteiger partial charge in [-0.25, -0.2) is 4.98 Å². The van der Waals surface area contributed by atoms with Crippen LogP contribution in [0.1, 0.15) is 24.2 Å². The molecule has 0 aliphatic heterocycles. The van der Waals surface area contributed by atoms with E-state index in [2.05, 4.69) is 4.98 Å². The minimum atomic E-state index is -0.520. The minimum Gasteiger partial charge on any atom is -0.491 e. The first-order valence-electron chi connectivity index (χ1n) is 6.04. The van der Waals surface area contributed by atoms with Crippen molar-refractivity contribution in [2.45, 2.75) is 26.5 Å². The smallest absolute Gasteiger partial charge is 0.125 e. The van der Waals surface area contributed by atoms with Crippen LogP contribution in [-0.2, 0) is 6.54 Å². The molecule has 0 aliphatic rings. The summed E-state index contributed by atoms with van der Waals surface area (Å²) >= 11 is 0. The summed E-state index contributed by atoms with van der Waals surface area (Å²) in [5.41, 5.74) is 1.95. The molecule has 1 heterocycles. The number of nitrogens with zero attached hydrogens (tertiary/aromatic N) is 2. The number of rotatable bonds is 5. The van der Waals surface area contributed by atoms with E-state index in [-0.39, 0.29) is 0 Å². The number of aromatic nitrogens is 2. The fourth-order valence-corrected chi connectivity index (χ4v) is 1.79. The van der Waals surface area contributed by atoms with Gasteiger partial charge < -0.3 is 14.4 Å². The zero-order valence-corrected chi connectivity index (χ0v) is 10.7. The third-order valence-corrected chi connectivity index (χ3v) is 2.79. The van der Waals surface area contributed by atoms with Crippen molar-refractivity contribution in [3.63, 3.8) is 0 Å². The van der Waals surface area contributed by atoms with E-state index in [1.807, 2.05) is 35.9 Å². The highest BCUT2D eigenvalue weighted by molar-refractivity contribution is 5.38. The molecule has 1 aromatic heterocycles. The Morgan fingerprint density at radius 3 is 2.94 bits per heavy atom. The van der Waals surface area contributed by atoms with Crippen LogP contribution in [0.15, 0.2) is 36.9 Å². The predicted molar refractivity (Wildman–Crippen MR) is 69.5 cm³/mol. The summed E-state index contributed by atoms with van der Waals surface area (Å²) in [6, 6.07) is 5.84. The van der Waals surface area contributed by atoms with Gasteiger partial charge in [0.05, 0.1) is 19.0 Å². The van der Waals surface area contributed by atoms with Gasteiger partial charge in [-0.2, -0.15) is 0 Å². The molecule has 1 aromatic carbocycles. The zero-order chi connectivity index (χ0) is 13.0. The summed E-state index contributed by atoms with van der Waals surface area (Å²) in [6.07, 6.45) is 4.88. The molecule has 18 heavy (non-hydrogen) atoms. The Kier molecular flexibility index (Phi) is 3.99. The molecule has 1 N–H and O–H groups in total. The first-order valence-corrected chi connectivity index (χ1v) is 6.04. The van der Waals surface area contributed by atoms with E-state index in [4.69, 9.17) is 4.74 Å². The molecule has 0 saturated carbocycles. The van der Waals surface area contributed by atoms with E-state index >= 15 is 0 Å². The lowest BCUT2D eigenvalue weighted by Crippen LogP contribution is -2.08. The van der Waals surface area contributed by atoms with Gasteiger partial charge in [-0.3, -0.25) is 0 Å². The van der Waals surface area contributed by atoms with Crippen molar-refractivity contribution < 1.29 is 9.84 Å². The van der Waals surface area contributed by atoms with Gasteiger partial charge in [-0.05, 0) is 25.5 Å². The van der Waals surface area contributed by atoms with Crippen molar-refractivity contribution in [1.82, 2.24) is 9.55 Å². The molecule has 0 aliphatic carbocycles. The molecule has 0 fully saturated rings. The van der Waals surface area contributed by atoms with E-state index in [1.165, 1.54) is 0 Å². The molecule has 1 atom stereocenters. The van der Waals surface area contributed by atoms with Gasteiger partial charge in [-0.1, -0.05) is 12.1 Å². The van der Waals surface area contributed by atoms with Crippen LogP contribution < -0.4 is 4.74 Å². The summed E-state index contributed by atoms with van der Waals surface area (Å²) < 4.78 is 7.70. The number of imidazole rings is 1. The summed E-state index contributed by atoms with van der Waals surface area (Å²) in [5.74, 6) is 0.755. The molecule has 0 amide bonds. The van der Waals surface area contributed by atoms with Gasteiger partial charge >= 0.3 is 0 Å². The summed E-state index contributed by atoms with van der Waals surface area (Å²) in [5, 5.41) is 9.68. The molecule has 4 heteroatoms. The van der Waals surface area contributed by atoms with Crippen LogP contribution in [0.5, 0.6) is 5.75 Å². The van der Waals surface area contributed by atoms with E-state index in [9.17, 15) is 5.11 Å². The van der Waals surface area contributed by atoms with Gasteiger partial charge in [-0.15, -0.1) is 0 Å². The number of ether oxygens (including phenoxy) is 1. The topological polar surface area (TPSA) is 47.3 Å². The second-order valence-corrected chi connectivity index (χ2v) is 4.37. The fourth-order valence-electron chi connectivity index (χ4n) is 1.79. The molecular weight excluding hydrogens is 228 g/mol. The van der Waals surface area contributed by atoms with Crippen LogP contribution in [0, 0.1) is 6.92 Å². The quantitative estimate of drug-likeness (QED) is 0.880. The van der Waals surface area contributed by atoms with Crippen molar-refractivity contribution in [2.24, 2.45) is 0 Å². The molecule has 2 rings (SSSR count). The van der Waals surface area contributed by atoms with Crippen LogP contribution >= 0.6 is 0 Å². The number of aliphatic hydroxyl groups is 1. The summed E-state index contributed by atoms with van der Waals surface area (Å²) in [6.45, 7) is 5.05. The number of aryl methyl sites for hydroxylation is 1. The third-order valence-electron chi connectivity index (χ3n) is 2.79. The third kappa shape index (κ3) is 3.11. The molecule has 0 saturated heterocycles. The first-order chi connectivity index (χ1) is 8.66. The molecule has 0 unspecified atom stereocenters. The Bertz CT molecular complexity index is 493. The number of aliphatic hydroxyl groups excluding tert-OH is 1. The fraction of sp³-hybridized carbons (Fsp3) is 0.357. The van der Waals surface area contributed by atoms with E-state index in [1.54, 1.807) is 19.4 Å². The maximum atomic E-state index is 9.68. The largest absolute Gasteiger partial charge is 0.491 e. The van der Waals surface area contributed by atoms with Gasteiger partial charge in [0.15, 0.2) is 0 Å². The van der Waals surface area contributed by atoms with Gasteiger partial charge in [0.2, 0.25) is 0 Å². The molecule has 0 bridgehead atoms. The van der Waals surface area contributed by atoms with Crippen molar-refractivity contribution in [2.75, 3.05) is 6.61 Å². The van der Waals surface area contributed by atoms with Crippen molar-refractivity contribution in [1.29, 1.82) is 0 Å². The van der Waals surface area contributed by atoms with Crippen LogP contribution in [-0.4, -0.2) is 21.3 Å². The van der Waals surface area contributed by atoms with Gasteiger partial charge in [0, 0.05) is 18.0 Å². The average Bonchev–Trinajstić information content (AvgIpc) is 2.82. The normalized spacial score (nSPS) is 12.4. The summed E-state index contributed by atoms with van der Waals surface area (Å²) in [7, 11) is 0. The molecule has 2 aromatic rings. The monoisotopic (exact) mass is 246 g/mol. The molecule has 0 spiro atoms. The highest BCUT2D eigenvalue weighted by atomic mass is 16.5. The Labute approximate surface area is 107 Å². The Hall–Kier alpha value is -1.81. The Balaban J connectivity index is 2.01. The van der Waals surface area contributed by atoms with Crippen LogP contribution in [0.3, 0.4) is 0 Å². The first kappa shape index (κ1) is 12.6. The molecule has 96 valence electrons. The lowest BCUT2D eigenvalue weighted by Gasteiger charge is -2.14. The molecule has 0 radical (unpaired) electrons. The maximum absolute atomic E-state index is 9.68. The van der Waals surface area contributed by atoms with Crippen molar-refractivity contribution in [3.8, 4) is 5.75 Å². The standard InChI is InChI=1S/C14H18N2O2/c1-11-3-4-13(12(2)17)14(9-11)18-8-7-16-6-5-15-10-16/h3-6,9-10,12,17H,7-8H2,1-2H3/t12-/m1/s1. The SMILES string of the molecule is Cc1ccc([C@@H](C)O)c(OCCn2ccnc2)c1. The average molecular weight is 246 g/mol. The molecular formula is C14H18N2O2. The zero-order valence-electron chi connectivity index (χ0n) is 10.7. The number of hydrogen-bond donors (Lipinski definition) is 1. The minimum absolute atomic E-state index is 0.520. The van der Waals surface area contributed by atoms with Crippen LogP contribution in [0.4, 0.5) is 0 Å². The van der Waals surface area contributed by atoms with E-state index in [0.29, 0.717) is 6.61 Å². The number of hydrogen-bond acceptors (Lipinski definition) is 3. The van der Waals surface area contributed by atoms with Crippen molar-refractivity contribution in [3.05, 3.63) is 48.0 Å². The van der Waals surface area contributed by atoms with Gasteiger partial charge in [0.1, 0.15) is 12.4 Å². The lowest BCUT2D eigenvalue weighted by atomic mass is 10.1. The van der Waals surface area contributed by atoms with Crippen LogP contribution in [0.2, 0.25) is 0 Å². The van der Waals surface area contributed by atoms with Crippen LogP contribution in [0.25, 0.3) is 0 Å².